The molecule has 4 heteroatoms. The normalized spacial score (nSPS) is 19.6. The summed E-state index contributed by atoms with van der Waals surface area (Å²) < 4.78 is 12.0. The third-order valence-electron chi connectivity index (χ3n) is 6.26. The number of rotatable bonds is 3. The molecular formula is C27H26O4. The molecule has 0 saturated carbocycles. The molecule has 1 N–H and O–H groups in total. The molecule has 0 radical (unpaired) electrons. The van der Waals surface area contributed by atoms with E-state index in [1.165, 1.54) is 0 Å². The van der Waals surface area contributed by atoms with E-state index < -0.39 is 5.92 Å². The Hall–Kier alpha value is -3.27. The number of hydrogen-bond donors (Lipinski definition) is 1. The van der Waals surface area contributed by atoms with Crippen LogP contribution in [0.2, 0.25) is 0 Å². The molecular weight excluding hydrogens is 388 g/mol. The summed E-state index contributed by atoms with van der Waals surface area (Å²) in [7, 11) is 0. The lowest BCUT2D eigenvalue weighted by Crippen LogP contribution is -2.33. The zero-order valence-corrected chi connectivity index (χ0v) is 18.1. The van der Waals surface area contributed by atoms with E-state index in [4.69, 9.17) is 9.47 Å². The van der Waals surface area contributed by atoms with E-state index in [0.717, 1.165) is 27.8 Å². The fourth-order valence-electron chi connectivity index (χ4n) is 4.99. The second-order valence-corrected chi connectivity index (χ2v) is 9.14. The molecule has 5 rings (SSSR count). The number of benzene rings is 3. The van der Waals surface area contributed by atoms with Gasteiger partial charge in [0.1, 0.15) is 11.5 Å². The predicted molar refractivity (Wildman–Crippen MR) is 121 cm³/mol. The molecule has 0 saturated heterocycles. The highest BCUT2D eigenvalue weighted by Crippen LogP contribution is 2.54. The molecule has 0 fully saturated rings. The number of carbonyl (C=O) groups is 1. The molecule has 3 aromatic rings. The second-order valence-electron chi connectivity index (χ2n) is 9.14. The number of Topliss-reactive ketones (excluding diaryl/α,β-unsaturated/α-hetero) is 1. The van der Waals surface area contributed by atoms with Gasteiger partial charge in [0.15, 0.2) is 17.3 Å². The van der Waals surface area contributed by atoms with E-state index >= 15 is 0 Å². The average molecular weight is 415 g/mol. The van der Waals surface area contributed by atoms with E-state index in [0.29, 0.717) is 36.3 Å². The van der Waals surface area contributed by atoms with Gasteiger partial charge >= 0.3 is 0 Å². The molecule has 1 aliphatic carbocycles. The van der Waals surface area contributed by atoms with E-state index in [1.54, 1.807) is 6.07 Å². The fraction of sp³-hybridized carbons (Fsp3) is 0.296. The highest BCUT2D eigenvalue weighted by atomic mass is 16.5. The highest BCUT2D eigenvalue weighted by Gasteiger charge is 2.43. The van der Waals surface area contributed by atoms with E-state index in [1.807, 2.05) is 43.3 Å². The van der Waals surface area contributed by atoms with Crippen molar-refractivity contribution in [1.29, 1.82) is 0 Å². The van der Waals surface area contributed by atoms with Gasteiger partial charge in [0, 0.05) is 35.5 Å². The molecule has 2 aliphatic rings. The molecule has 0 spiro atoms. The van der Waals surface area contributed by atoms with Gasteiger partial charge in [-0.2, -0.15) is 0 Å². The molecule has 0 amide bonds. The summed E-state index contributed by atoms with van der Waals surface area (Å²) in [5.74, 6) is 1.65. The summed E-state index contributed by atoms with van der Waals surface area (Å²) >= 11 is 0. The number of aromatic hydroxyl groups is 1. The number of hydrogen-bond acceptors (Lipinski definition) is 4. The van der Waals surface area contributed by atoms with Gasteiger partial charge in [-0.3, -0.25) is 4.79 Å². The van der Waals surface area contributed by atoms with Gasteiger partial charge in [0.05, 0.1) is 6.61 Å². The predicted octanol–water partition coefficient (Wildman–Crippen LogP) is 6.11. The first-order valence-corrected chi connectivity index (χ1v) is 10.8. The maximum Gasteiger partial charge on any atom is 0.163 e. The van der Waals surface area contributed by atoms with Gasteiger partial charge in [-0.05, 0) is 35.2 Å². The van der Waals surface area contributed by atoms with Crippen LogP contribution in [0.4, 0.5) is 0 Å². The van der Waals surface area contributed by atoms with Crippen molar-refractivity contribution < 1.29 is 19.4 Å². The van der Waals surface area contributed by atoms with Gasteiger partial charge < -0.3 is 14.6 Å². The van der Waals surface area contributed by atoms with Crippen molar-refractivity contribution >= 4 is 16.6 Å². The summed E-state index contributed by atoms with van der Waals surface area (Å²) in [6.07, 6.45) is 1.14. The minimum atomic E-state index is -0.408. The lowest BCUT2D eigenvalue weighted by molar-refractivity contribution is -0.118. The van der Waals surface area contributed by atoms with Crippen molar-refractivity contribution in [3.8, 4) is 17.2 Å². The fourth-order valence-corrected chi connectivity index (χ4v) is 4.99. The van der Waals surface area contributed by atoms with Gasteiger partial charge in [-0.25, -0.2) is 0 Å². The number of phenols is 1. The quantitative estimate of drug-likeness (QED) is 0.562. The molecule has 31 heavy (non-hydrogen) atoms. The second kappa shape index (κ2) is 7.16. The standard InChI is InChI=1S/C27H26O4/c1-4-30-21-11-7-10-18(26(21)29)24-23-17-9-6-5-8-16(17)12-13-20(23)31-22-15-27(2,3)14-19(28)25(22)24/h5-13,24,29H,4,14-15H2,1-3H3. The first kappa shape index (κ1) is 19.7. The molecule has 0 bridgehead atoms. The third kappa shape index (κ3) is 3.18. The Balaban J connectivity index is 1.82. The Labute approximate surface area is 182 Å². The largest absolute Gasteiger partial charge is 0.504 e. The maximum absolute atomic E-state index is 13.4. The summed E-state index contributed by atoms with van der Waals surface area (Å²) in [6.45, 7) is 6.52. The smallest absolute Gasteiger partial charge is 0.163 e. The molecule has 0 aromatic heterocycles. The minimum absolute atomic E-state index is 0.0797. The number of allylic oxidation sites excluding steroid dienone is 2. The van der Waals surface area contributed by atoms with Gasteiger partial charge in [0.2, 0.25) is 0 Å². The van der Waals surface area contributed by atoms with Crippen LogP contribution < -0.4 is 9.47 Å². The molecule has 158 valence electrons. The molecule has 4 nitrogen and oxygen atoms in total. The van der Waals surface area contributed by atoms with Crippen LogP contribution >= 0.6 is 0 Å². The molecule has 1 heterocycles. The van der Waals surface area contributed by atoms with Gasteiger partial charge in [0.25, 0.3) is 0 Å². The van der Waals surface area contributed by atoms with Gasteiger partial charge in [-0.1, -0.05) is 56.3 Å². The Morgan fingerprint density at radius 2 is 1.87 bits per heavy atom. The molecule has 1 atom stereocenters. The summed E-state index contributed by atoms with van der Waals surface area (Å²) in [4.78, 5) is 13.4. The Morgan fingerprint density at radius 1 is 1.06 bits per heavy atom. The van der Waals surface area contributed by atoms with Crippen LogP contribution in [0, 0.1) is 5.41 Å². The van der Waals surface area contributed by atoms with Crippen molar-refractivity contribution in [1.82, 2.24) is 0 Å². The lowest BCUT2D eigenvalue weighted by atomic mass is 9.69. The van der Waals surface area contributed by atoms with Crippen LogP contribution in [-0.4, -0.2) is 17.5 Å². The summed E-state index contributed by atoms with van der Waals surface area (Å²) in [5, 5.41) is 13.2. The number of para-hydroxylation sites is 1. The van der Waals surface area contributed by atoms with Crippen LogP contribution in [0.25, 0.3) is 10.8 Å². The maximum atomic E-state index is 13.4. The Morgan fingerprint density at radius 3 is 2.68 bits per heavy atom. The van der Waals surface area contributed by atoms with E-state index in [2.05, 4.69) is 26.0 Å². The third-order valence-corrected chi connectivity index (χ3v) is 6.26. The molecule has 3 aromatic carbocycles. The SMILES string of the molecule is CCOc1cccc(C2C3=C(CC(C)(C)CC3=O)Oc3ccc4ccccc4c32)c1O. The van der Waals surface area contributed by atoms with Gasteiger partial charge in [-0.15, -0.1) is 0 Å². The Kier molecular flexibility index (Phi) is 4.54. The van der Waals surface area contributed by atoms with Crippen LogP contribution in [-0.2, 0) is 4.79 Å². The van der Waals surface area contributed by atoms with Crippen LogP contribution in [0.3, 0.4) is 0 Å². The number of carbonyl (C=O) groups excluding carboxylic acids is 1. The Bertz CT molecular complexity index is 1240. The molecule has 1 unspecified atom stereocenters. The van der Waals surface area contributed by atoms with Crippen LogP contribution in [0.1, 0.15) is 50.7 Å². The van der Waals surface area contributed by atoms with Crippen LogP contribution in [0.15, 0.2) is 65.9 Å². The molecule has 1 aliphatic heterocycles. The van der Waals surface area contributed by atoms with Crippen LogP contribution in [0.5, 0.6) is 17.2 Å². The monoisotopic (exact) mass is 414 g/mol. The summed E-state index contributed by atoms with van der Waals surface area (Å²) in [5.41, 5.74) is 2.10. The highest BCUT2D eigenvalue weighted by molar-refractivity contribution is 6.02. The van der Waals surface area contributed by atoms with E-state index in [-0.39, 0.29) is 16.9 Å². The zero-order chi connectivity index (χ0) is 21.8. The van der Waals surface area contributed by atoms with Crippen molar-refractivity contribution in [3.05, 3.63) is 77.1 Å². The van der Waals surface area contributed by atoms with Crippen molar-refractivity contribution in [2.75, 3.05) is 6.61 Å². The number of fused-ring (bicyclic) bond motifs is 3. The minimum Gasteiger partial charge on any atom is -0.504 e. The van der Waals surface area contributed by atoms with Crippen molar-refractivity contribution in [3.63, 3.8) is 0 Å². The van der Waals surface area contributed by atoms with E-state index in [9.17, 15) is 9.90 Å². The zero-order valence-electron chi connectivity index (χ0n) is 18.1. The first-order chi connectivity index (χ1) is 14.9. The average Bonchev–Trinajstić information content (AvgIpc) is 2.73. The lowest BCUT2D eigenvalue weighted by Gasteiger charge is -2.39. The van der Waals surface area contributed by atoms with Crippen molar-refractivity contribution in [2.45, 2.75) is 39.5 Å². The number of phenolic OH excluding ortho intramolecular Hbond substituents is 1. The topological polar surface area (TPSA) is 55.8 Å². The van der Waals surface area contributed by atoms with Crippen molar-refractivity contribution in [2.24, 2.45) is 5.41 Å². The number of ketones is 1. The summed E-state index contributed by atoms with van der Waals surface area (Å²) in [6, 6.07) is 17.6. The first-order valence-electron chi connectivity index (χ1n) is 10.8. The number of ether oxygens (including phenoxy) is 2.